The summed E-state index contributed by atoms with van der Waals surface area (Å²) in [6.07, 6.45) is 2.30. The van der Waals surface area contributed by atoms with Gasteiger partial charge in [0, 0.05) is 22.3 Å². The fourth-order valence-corrected chi connectivity index (χ4v) is 3.25. The van der Waals surface area contributed by atoms with Gasteiger partial charge in [0.05, 0.1) is 10.8 Å². The van der Waals surface area contributed by atoms with Gasteiger partial charge in [0.15, 0.2) is 5.78 Å². The lowest BCUT2D eigenvalue weighted by Crippen LogP contribution is -2.03. The van der Waals surface area contributed by atoms with Crippen LogP contribution in [-0.2, 0) is 15.6 Å². The van der Waals surface area contributed by atoms with Crippen LogP contribution >= 0.6 is 0 Å². The molecule has 2 aromatic rings. The fraction of sp³-hybridized carbons (Fsp3) is 0.250. The van der Waals surface area contributed by atoms with E-state index in [1.165, 1.54) is 0 Å². The largest absolute Gasteiger partial charge is 0.294 e. The summed E-state index contributed by atoms with van der Waals surface area (Å²) in [6.45, 7) is 4.05. The third-order valence-electron chi connectivity index (χ3n) is 3.62. The molecule has 0 radical (unpaired) electrons. The smallest absolute Gasteiger partial charge is 0.164 e. The molecule has 0 bridgehead atoms. The maximum Gasteiger partial charge on any atom is 0.164 e. The number of ketones is 1. The Labute approximate surface area is 140 Å². The highest BCUT2D eigenvalue weighted by atomic mass is 32.2. The molecule has 2 rings (SSSR count). The highest BCUT2D eigenvalue weighted by Crippen LogP contribution is 2.21. The number of Topliss-reactive ketones (excluding diaryl/α,β-unsaturated/α-hetero) is 1. The molecule has 0 heterocycles. The Bertz CT molecular complexity index is 700. The fourth-order valence-electron chi connectivity index (χ4n) is 2.23. The van der Waals surface area contributed by atoms with E-state index in [0.29, 0.717) is 16.9 Å². The van der Waals surface area contributed by atoms with Crippen LogP contribution in [0.4, 0.5) is 0 Å². The molecule has 120 valence electrons. The zero-order valence-corrected chi connectivity index (χ0v) is 14.4. The predicted octanol–water partition coefficient (Wildman–Crippen LogP) is 4.90. The second-order valence-corrected chi connectivity index (χ2v) is 6.84. The molecule has 2 nitrogen and oxygen atoms in total. The van der Waals surface area contributed by atoms with E-state index in [9.17, 15) is 9.00 Å². The van der Waals surface area contributed by atoms with Crippen LogP contribution in [0.5, 0.6) is 0 Å². The average molecular weight is 326 g/mol. The van der Waals surface area contributed by atoms with Crippen LogP contribution in [0.15, 0.2) is 64.9 Å². The topological polar surface area (TPSA) is 34.1 Å². The van der Waals surface area contributed by atoms with Gasteiger partial charge < -0.3 is 0 Å². The van der Waals surface area contributed by atoms with Crippen LogP contribution in [-0.4, -0.2) is 9.99 Å². The molecule has 0 fully saturated rings. The van der Waals surface area contributed by atoms with Gasteiger partial charge in [-0.15, -0.1) is 0 Å². The SMILES string of the molecule is CCCCC(=O)/C(=C\[S@@](=O)c1ccc(C)cc1)c1ccccc1. The standard InChI is InChI=1S/C20H22O2S/c1-3-4-10-20(21)19(17-8-6-5-7-9-17)15-23(22)18-13-11-16(2)12-14-18/h5-9,11-15H,3-4,10H2,1-2H3/b19-15-/t23-/m1/s1. The molecule has 0 spiro atoms. The summed E-state index contributed by atoms with van der Waals surface area (Å²) < 4.78 is 12.6. The zero-order chi connectivity index (χ0) is 16.7. The molecule has 1 atom stereocenters. The van der Waals surface area contributed by atoms with Crippen LogP contribution in [0, 0.1) is 6.92 Å². The number of hydrogen-bond acceptors (Lipinski definition) is 2. The number of hydrogen-bond donors (Lipinski definition) is 0. The van der Waals surface area contributed by atoms with E-state index in [1.807, 2.05) is 61.5 Å². The first-order valence-electron chi connectivity index (χ1n) is 7.89. The van der Waals surface area contributed by atoms with E-state index in [4.69, 9.17) is 0 Å². The molecule has 0 unspecified atom stereocenters. The summed E-state index contributed by atoms with van der Waals surface area (Å²) in [4.78, 5) is 13.2. The highest BCUT2D eigenvalue weighted by Gasteiger charge is 2.13. The second kappa shape index (κ2) is 8.59. The molecule has 2 aromatic carbocycles. The van der Waals surface area contributed by atoms with Crippen molar-refractivity contribution in [1.29, 1.82) is 0 Å². The van der Waals surface area contributed by atoms with Gasteiger partial charge in [-0.25, -0.2) is 4.21 Å². The van der Waals surface area contributed by atoms with Crippen LogP contribution in [0.2, 0.25) is 0 Å². The van der Waals surface area contributed by atoms with Crippen LogP contribution in [0.25, 0.3) is 5.57 Å². The van der Waals surface area contributed by atoms with Crippen molar-refractivity contribution in [2.75, 3.05) is 0 Å². The first kappa shape index (κ1) is 17.4. The van der Waals surface area contributed by atoms with Gasteiger partial charge in [0.1, 0.15) is 0 Å². The van der Waals surface area contributed by atoms with Crippen molar-refractivity contribution in [1.82, 2.24) is 0 Å². The quantitative estimate of drug-likeness (QED) is 0.678. The second-order valence-electron chi connectivity index (χ2n) is 5.53. The number of unbranched alkanes of at least 4 members (excludes halogenated alkanes) is 1. The summed E-state index contributed by atoms with van der Waals surface area (Å²) in [7, 11) is -1.33. The van der Waals surface area contributed by atoms with Crippen molar-refractivity contribution in [2.45, 2.75) is 38.0 Å². The predicted molar refractivity (Wildman–Crippen MR) is 96.5 cm³/mol. The molecule has 0 aromatic heterocycles. The summed E-state index contributed by atoms with van der Waals surface area (Å²) in [5, 5.41) is 1.60. The number of carbonyl (C=O) groups excluding carboxylic acids is 1. The van der Waals surface area contributed by atoms with Gasteiger partial charge in [-0.2, -0.15) is 0 Å². The van der Waals surface area contributed by atoms with E-state index >= 15 is 0 Å². The third kappa shape index (κ3) is 5.00. The van der Waals surface area contributed by atoms with Crippen LogP contribution in [0.3, 0.4) is 0 Å². The van der Waals surface area contributed by atoms with E-state index < -0.39 is 10.8 Å². The Morgan fingerprint density at radius 3 is 2.30 bits per heavy atom. The van der Waals surface area contributed by atoms with E-state index in [0.717, 1.165) is 24.0 Å². The summed E-state index contributed by atoms with van der Waals surface area (Å²) in [5.74, 6) is 0.0542. The molecule has 0 amide bonds. The molecular weight excluding hydrogens is 304 g/mol. The van der Waals surface area contributed by atoms with Crippen molar-refractivity contribution in [3.05, 3.63) is 71.1 Å². The first-order chi connectivity index (χ1) is 11.1. The minimum Gasteiger partial charge on any atom is -0.294 e. The molecular formula is C20H22O2S. The molecule has 0 aliphatic carbocycles. The number of allylic oxidation sites excluding steroid dienone is 1. The minimum atomic E-state index is -1.33. The number of rotatable bonds is 7. The van der Waals surface area contributed by atoms with Gasteiger partial charge in [-0.3, -0.25) is 4.79 Å². The Balaban J connectivity index is 2.34. The summed E-state index contributed by atoms with van der Waals surface area (Å²) in [5.41, 5.74) is 2.50. The lowest BCUT2D eigenvalue weighted by Gasteiger charge is -2.07. The summed E-state index contributed by atoms with van der Waals surface area (Å²) >= 11 is 0. The monoisotopic (exact) mass is 326 g/mol. The van der Waals surface area contributed by atoms with Gasteiger partial charge in [-0.1, -0.05) is 61.4 Å². The Hall–Kier alpha value is -2.00. The molecule has 0 saturated carbocycles. The van der Waals surface area contributed by atoms with E-state index in [1.54, 1.807) is 5.41 Å². The maximum atomic E-state index is 12.6. The van der Waals surface area contributed by atoms with Gasteiger partial charge >= 0.3 is 0 Å². The molecule has 0 N–H and O–H groups in total. The minimum absolute atomic E-state index is 0.0542. The van der Waals surface area contributed by atoms with Crippen molar-refractivity contribution in [3.63, 3.8) is 0 Å². The van der Waals surface area contributed by atoms with Crippen molar-refractivity contribution in [2.24, 2.45) is 0 Å². The Morgan fingerprint density at radius 2 is 1.70 bits per heavy atom. The van der Waals surface area contributed by atoms with Gasteiger partial charge in [-0.05, 0) is 31.0 Å². The Morgan fingerprint density at radius 1 is 1.04 bits per heavy atom. The maximum absolute atomic E-state index is 12.6. The molecule has 23 heavy (non-hydrogen) atoms. The number of aryl methyl sites for hydroxylation is 1. The van der Waals surface area contributed by atoms with Crippen molar-refractivity contribution in [3.8, 4) is 0 Å². The van der Waals surface area contributed by atoms with Gasteiger partial charge in [0.2, 0.25) is 0 Å². The highest BCUT2D eigenvalue weighted by molar-refractivity contribution is 7.88. The Kier molecular flexibility index (Phi) is 6.48. The summed E-state index contributed by atoms with van der Waals surface area (Å²) in [6, 6.07) is 17.0. The average Bonchev–Trinajstić information content (AvgIpc) is 2.58. The van der Waals surface area contributed by atoms with Gasteiger partial charge in [0.25, 0.3) is 0 Å². The lowest BCUT2D eigenvalue weighted by atomic mass is 10.0. The molecule has 0 saturated heterocycles. The number of carbonyl (C=O) groups is 1. The molecule has 0 aliphatic heterocycles. The van der Waals surface area contributed by atoms with E-state index in [-0.39, 0.29) is 5.78 Å². The van der Waals surface area contributed by atoms with Crippen LogP contribution < -0.4 is 0 Å². The molecule has 0 aliphatic rings. The van der Waals surface area contributed by atoms with E-state index in [2.05, 4.69) is 6.92 Å². The third-order valence-corrected chi connectivity index (χ3v) is 4.81. The zero-order valence-electron chi connectivity index (χ0n) is 13.6. The first-order valence-corrected chi connectivity index (χ1v) is 9.10. The number of benzene rings is 2. The molecule has 3 heteroatoms. The normalized spacial score (nSPS) is 12.9. The lowest BCUT2D eigenvalue weighted by molar-refractivity contribution is -0.113. The van der Waals surface area contributed by atoms with Crippen molar-refractivity contribution < 1.29 is 9.00 Å². The van der Waals surface area contributed by atoms with Crippen LogP contribution in [0.1, 0.15) is 37.3 Å². The van der Waals surface area contributed by atoms with Crippen molar-refractivity contribution >= 4 is 22.2 Å².